The SMILES string of the molecule is CC[C@H](C)[C@@H]1NC(=O)[C@H](CC(C)C)N(C)C(=O)C[C@@H](C(=O)N(C)C)N(C)C(=O)[C@H]([C@@H](C)CC)N(C)C(=O)C2(CCCC2)NC(=O)[C@H](CC2CCCCC2Cl)N(CC)C(=O)[C@H](CCC2CCC(C(F)(F)F)C(Cl)C2)NC(=O)CN(C)C(=O)[C@H](CC2CCC(C)CC2)N(C)C(=O)[C@@H]2CCN2C(=O)[C@H](C)N(C)C1=O. The summed E-state index contributed by atoms with van der Waals surface area (Å²) < 4.78 is 42.6. The summed E-state index contributed by atoms with van der Waals surface area (Å²) in [6, 6.07) is -11.3. The van der Waals surface area contributed by atoms with E-state index in [9.17, 15) is 41.9 Å². The minimum atomic E-state index is -4.53. The van der Waals surface area contributed by atoms with Crippen molar-refractivity contribution in [3.8, 4) is 0 Å². The average molecular weight is 1540 g/mol. The lowest BCUT2D eigenvalue weighted by Crippen LogP contribution is -2.66. The lowest BCUT2D eigenvalue weighted by molar-refractivity contribution is -0.182. The van der Waals surface area contributed by atoms with Gasteiger partial charge in [0.15, 0.2) is 0 Å². The summed E-state index contributed by atoms with van der Waals surface area (Å²) in [4.78, 5) is 194. The Kier molecular flexibility index (Phi) is 32.8. The third kappa shape index (κ3) is 21.7. The van der Waals surface area contributed by atoms with Gasteiger partial charge in [-0.1, -0.05) is 113 Å². The lowest BCUT2D eigenvalue weighted by Gasteiger charge is -2.45. The Morgan fingerprint density at radius 3 is 1.77 bits per heavy atom. The van der Waals surface area contributed by atoms with Crippen molar-refractivity contribution in [2.45, 2.75) is 293 Å². The van der Waals surface area contributed by atoms with Gasteiger partial charge in [0.05, 0.1) is 18.9 Å². The monoisotopic (exact) mass is 1540 g/mol. The van der Waals surface area contributed by atoms with E-state index in [-0.39, 0.29) is 101 Å². The number of fused-ring (bicyclic) bond motifs is 1. The summed E-state index contributed by atoms with van der Waals surface area (Å²) in [5.41, 5.74) is -1.64. The molecular weight excluding hydrogens is 1410 g/mol. The first-order valence-electron chi connectivity index (χ1n) is 39.3. The molecule has 2 heterocycles. The highest BCUT2D eigenvalue weighted by Crippen LogP contribution is 2.44. The van der Waals surface area contributed by atoms with Gasteiger partial charge in [-0.2, -0.15) is 13.2 Å². The lowest BCUT2D eigenvalue weighted by atomic mass is 9.78. The topological polar surface area (TPSA) is 270 Å². The largest absolute Gasteiger partial charge is 0.393 e. The average Bonchev–Trinajstić information content (AvgIpc) is 1.12. The van der Waals surface area contributed by atoms with Crippen LogP contribution in [0.4, 0.5) is 13.2 Å². The molecule has 6 aliphatic rings. The van der Waals surface area contributed by atoms with E-state index in [0.717, 1.165) is 43.4 Å². The Hall–Kier alpha value is -5.99. The van der Waals surface area contributed by atoms with Crippen LogP contribution in [0.25, 0.3) is 0 Å². The fraction of sp³-hybridized carbons (Fsp3) is 0.844. The van der Waals surface area contributed by atoms with Crippen LogP contribution in [0.2, 0.25) is 0 Å². The van der Waals surface area contributed by atoms with Crippen molar-refractivity contribution in [1.29, 1.82) is 0 Å². The molecule has 12 amide bonds. The molecule has 6 rings (SSSR count). The van der Waals surface area contributed by atoms with Gasteiger partial charge in [-0.05, 0) is 139 Å². The highest BCUT2D eigenvalue weighted by Gasteiger charge is 2.53. The molecule has 29 heteroatoms. The molecule has 0 aromatic heterocycles. The zero-order chi connectivity index (χ0) is 79.3. The molecule has 0 radical (unpaired) electrons. The van der Waals surface area contributed by atoms with Gasteiger partial charge in [-0.15, -0.1) is 23.2 Å². The number of likely N-dealkylation sites (N-methyl/N-ethyl adjacent to an activating group) is 8. The molecule has 16 atom stereocenters. The summed E-state index contributed by atoms with van der Waals surface area (Å²) in [7, 11) is 11.6. The van der Waals surface area contributed by atoms with Gasteiger partial charge in [0, 0.05) is 80.2 Å². The van der Waals surface area contributed by atoms with E-state index in [2.05, 4.69) is 22.9 Å². The van der Waals surface area contributed by atoms with E-state index < -0.39 is 184 Å². The highest BCUT2D eigenvalue weighted by atomic mass is 35.5. The van der Waals surface area contributed by atoms with E-state index in [1.54, 1.807) is 20.8 Å². The first kappa shape index (κ1) is 88.9. The van der Waals surface area contributed by atoms with Crippen LogP contribution in [0.1, 0.15) is 216 Å². The van der Waals surface area contributed by atoms with Crippen molar-refractivity contribution in [1.82, 2.24) is 60.0 Å². The molecule has 5 unspecified atom stereocenters. The Balaban J connectivity index is 1.49. The molecule has 2 saturated heterocycles. The molecular formula is C77H127Cl2F3N12O12. The minimum absolute atomic E-state index is 0.00277. The van der Waals surface area contributed by atoms with Crippen LogP contribution < -0.4 is 16.0 Å². The van der Waals surface area contributed by atoms with Crippen LogP contribution in [0.3, 0.4) is 0 Å². The second-order valence-corrected chi connectivity index (χ2v) is 34.0. The number of hydrogen-bond acceptors (Lipinski definition) is 12. The molecule has 24 nitrogen and oxygen atoms in total. The number of halogens is 5. The smallest absolute Gasteiger partial charge is 0.347 e. The maximum absolute atomic E-state index is 15.9. The molecule has 602 valence electrons. The Labute approximate surface area is 638 Å². The minimum Gasteiger partial charge on any atom is -0.347 e. The van der Waals surface area contributed by atoms with Gasteiger partial charge in [0.2, 0.25) is 70.9 Å². The fourth-order valence-electron chi connectivity index (χ4n) is 17.0. The second kappa shape index (κ2) is 39.1. The van der Waals surface area contributed by atoms with E-state index in [1.807, 2.05) is 27.7 Å². The molecule has 6 fully saturated rings. The van der Waals surface area contributed by atoms with Gasteiger partial charge < -0.3 is 60.0 Å². The number of carbonyl (C=O) groups excluding carboxylic acids is 12. The number of rotatable bonds is 15. The molecule has 3 N–H and O–H groups in total. The number of amides is 12. The van der Waals surface area contributed by atoms with E-state index in [4.69, 9.17) is 23.2 Å². The summed E-state index contributed by atoms with van der Waals surface area (Å²) in [5, 5.41) is 7.32. The standard InChI is InChI=1S/C77H127Cl2F3N12O12/c1-18-47(7)64-73(104)88(13)49(9)68(99)94-38-35-57(94)72(103)90(15)60(41-51-29-27-46(6)28-30-51)71(102)87(12)44-62(95)83-56(34-32-50-31-33-53(55(79)40-50)77(80,81)82)69(100)93(20-3)59(42-52-25-21-22-26-54(52)78)67(98)85-76(36-23-24-37-76)75(106)92(17)65(48(8)19-2)74(105)91(16)61(70(101)86(10)11)43-63(96)89(14)58(39-45(4)5)66(97)84-64/h45-61,64-65H,18-44H2,1-17H3,(H,83,95)(H,84,97)(H,85,98)/t46?,47-,48-,49-,50?,51?,52?,53?,54?,55?,56-,57-,58-,59-,60-,61-,64-,65-/m0/s1. The highest BCUT2D eigenvalue weighted by molar-refractivity contribution is 6.21. The molecule has 0 bridgehead atoms. The predicted molar refractivity (Wildman–Crippen MR) is 400 cm³/mol. The van der Waals surface area contributed by atoms with Crippen LogP contribution in [0.5, 0.6) is 0 Å². The second-order valence-electron chi connectivity index (χ2n) is 32.9. The Bertz CT molecular complexity index is 3080. The van der Waals surface area contributed by atoms with Gasteiger partial charge in [-0.3, -0.25) is 57.5 Å². The van der Waals surface area contributed by atoms with Crippen LogP contribution in [0.15, 0.2) is 0 Å². The molecule has 106 heavy (non-hydrogen) atoms. The molecule has 0 aromatic carbocycles. The van der Waals surface area contributed by atoms with E-state index in [0.29, 0.717) is 44.4 Å². The van der Waals surface area contributed by atoms with Crippen LogP contribution in [0, 0.1) is 47.3 Å². The van der Waals surface area contributed by atoms with Crippen LogP contribution in [-0.2, 0) is 57.5 Å². The quantitative estimate of drug-likeness (QED) is 0.131. The van der Waals surface area contributed by atoms with Crippen molar-refractivity contribution in [3.05, 3.63) is 0 Å². The number of nitrogens with zero attached hydrogens (tertiary/aromatic N) is 9. The molecule has 4 aliphatic carbocycles. The van der Waals surface area contributed by atoms with E-state index in [1.165, 1.54) is 103 Å². The normalized spacial score (nSPS) is 32.2. The van der Waals surface area contributed by atoms with Gasteiger partial charge in [-0.25, -0.2) is 0 Å². The number of nitrogens with one attached hydrogen (secondary N) is 3. The fourth-order valence-corrected chi connectivity index (χ4v) is 17.9. The summed E-state index contributed by atoms with van der Waals surface area (Å²) in [5.74, 6) is -11.1. The van der Waals surface area contributed by atoms with Crippen LogP contribution in [-0.4, -0.2) is 268 Å². The van der Waals surface area contributed by atoms with Crippen molar-refractivity contribution in [3.63, 3.8) is 0 Å². The Morgan fingerprint density at radius 2 is 1.23 bits per heavy atom. The Morgan fingerprint density at radius 1 is 0.613 bits per heavy atom. The maximum Gasteiger partial charge on any atom is 0.393 e. The first-order valence-corrected chi connectivity index (χ1v) is 40.2. The van der Waals surface area contributed by atoms with Crippen molar-refractivity contribution in [2.75, 3.05) is 76.0 Å². The van der Waals surface area contributed by atoms with Crippen molar-refractivity contribution >= 4 is 94.1 Å². The summed E-state index contributed by atoms with van der Waals surface area (Å²) in [6.07, 6.45) is 3.50. The van der Waals surface area contributed by atoms with Gasteiger partial charge >= 0.3 is 6.18 Å². The van der Waals surface area contributed by atoms with Crippen molar-refractivity contribution in [2.24, 2.45) is 47.3 Å². The number of carbonyl (C=O) groups is 12. The third-order valence-electron chi connectivity index (χ3n) is 24.8. The summed E-state index contributed by atoms with van der Waals surface area (Å²) >= 11 is 13.6. The predicted octanol–water partition coefficient (Wildman–Crippen LogP) is 8.22. The molecule has 2 aliphatic heterocycles. The molecule has 0 aromatic rings. The molecule has 4 saturated carbocycles. The van der Waals surface area contributed by atoms with Gasteiger partial charge in [0.1, 0.15) is 59.9 Å². The van der Waals surface area contributed by atoms with Crippen LogP contribution >= 0.6 is 23.2 Å². The third-order valence-corrected chi connectivity index (χ3v) is 25.9. The van der Waals surface area contributed by atoms with E-state index >= 15 is 28.8 Å². The van der Waals surface area contributed by atoms with Crippen molar-refractivity contribution < 1.29 is 70.7 Å². The number of alkyl halides is 5. The van der Waals surface area contributed by atoms with Gasteiger partial charge in [0.25, 0.3) is 0 Å². The first-order chi connectivity index (χ1) is 49.7. The zero-order valence-corrected chi connectivity index (χ0v) is 67.9. The zero-order valence-electron chi connectivity index (χ0n) is 66.4. The summed E-state index contributed by atoms with van der Waals surface area (Å²) in [6.45, 7) is 15.7. The maximum atomic E-state index is 15.9. The number of hydrogen-bond donors (Lipinski definition) is 3. The molecule has 1 spiro atoms.